The van der Waals surface area contributed by atoms with Crippen molar-refractivity contribution in [3.05, 3.63) is 51.9 Å². The fraction of sp³-hybridized carbons (Fsp3) is 0.444. The summed E-state index contributed by atoms with van der Waals surface area (Å²) in [6, 6.07) is 9.25. The molecule has 2 aliphatic rings. The Labute approximate surface area is 222 Å². The van der Waals surface area contributed by atoms with Crippen LogP contribution < -0.4 is 15.6 Å². The number of benzene rings is 1. The number of hydrogen-bond acceptors (Lipinski definition) is 8. The number of methoxy groups -OCH3 is 1. The molecule has 2 saturated heterocycles. The molecule has 38 heavy (non-hydrogen) atoms. The highest BCUT2D eigenvalue weighted by Gasteiger charge is 2.27. The number of pyridine rings is 2. The van der Waals surface area contributed by atoms with Crippen LogP contribution in [0.25, 0.3) is 26.1 Å². The Morgan fingerprint density at radius 1 is 1.26 bits per heavy atom. The lowest BCUT2D eigenvalue weighted by molar-refractivity contribution is 0.0932. The maximum atomic E-state index is 15.3. The number of aromatic nitrogens is 2. The third-order valence-corrected chi connectivity index (χ3v) is 8.58. The van der Waals surface area contributed by atoms with E-state index in [0.29, 0.717) is 62.5 Å². The average molecular weight is 540 g/mol. The van der Waals surface area contributed by atoms with E-state index in [1.807, 2.05) is 33.6 Å². The van der Waals surface area contributed by atoms with Crippen molar-refractivity contribution < 1.29 is 18.7 Å². The summed E-state index contributed by atoms with van der Waals surface area (Å²) in [4.78, 5) is 36.5. The Morgan fingerprint density at radius 3 is 2.89 bits per heavy atom. The van der Waals surface area contributed by atoms with E-state index < -0.39 is 17.2 Å². The van der Waals surface area contributed by atoms with Crippen molar-refractivity contribution in [2.75, 3.05) is 64.6 Å². The van der Waals surface area contributed by atoms with Crippen LogP contribution in [0.1, 0.15) is 23.2 Å². The van der Waals surface area contributed by atoms with E-state index in [1.54, 1.807) is 7.11 Å². The number of nitrogens with zero attached hydrogens (tertiary/aromatic N) is 4. The summed E-state index contributed by atoms with van der Waals surface area (Å²) >= 11 is 1.36. The molecule has 2 fully saturated rings. The van der Waals surface area contributed by atoms with E-state index in [1.165, 1.54) is 17.4 Å². The second-order valence-corrected chi connectivity index (χ2v) is 10.8. The molecule has 0 radical (unpaired) electrons. The highest BCUT2D eigenvalue weighted by Crippen LogP contribution is 2.32. The molecule has 0 unspecified atom stereocenters. The maximum Gasteiger partial charge on any atom is 0.258 e. The molecule has 1 amide bonds. The van der Waals surface area contributed by atoms with Gasteiger partial charge in [0.25, 0.3) is 5.91 Å². The van der Waals surface area contributed by atoms with Crippen LogP contribution in [0.15, 0.2) is 35.1 Å². The minimum Gasteiger partial charge on any atom is -0.383 e. The highest BCUT2D eigenvalue weighted by molar-refractivity contribution is 7.24. The number of morpholine rings is 1. The lowest BCUT2D eigenvalue weighted by Gasteiger charge is -2.28. The van der Waals surface area contributed by atoms with E-state index in [4.69, 9.17) is 9.47 Å². The number of thiazole rings is 1. The molecule has 0 spiro atoms. The van der Waals surface area contributed by atoms with Crippen LogP contribution in [0.4, 0.5) is 10.2 Å². The van der Waals surface area contributed by atoms with E-state index in [-0.39, 0.29) is 16.8 Å². The van der Waals surface area contributed by atoms with Crippen LogP contribution >= 0.6 is 11.3 Å². The summed E-state index contributed by atoms with van der Waals surface area (Å²) in [7, 11) is 1.70. The third-order valence-electron chi connectivity index (χ3n) is 7.43. The van der Waals surface area contributed by atoms with Crippen molar-refractivity contribution >= 4 is 49.1 Å². The van der Waals surface area contributed by atoms with Gasteiger partial charge >= 0.3 is 0 Å². The standard InChI is InChI=1S/C27H30FN5O4S/c1-36-16-17-5-4-9-31(17)10-8-29-26(35)22-23(34)18-15-19(28)25(32-11-13-37-14-12-32)30-24(18)33-20-6-2-3-7-21(20)38-27(22)33/h2-3,6-7,15,17H,4-5,8-14,16H2,1H3,(H,29,35)/t17-/m1/s1. The van der Waals surface area contributed by atoms with Crippen molar-refractivity contribution in [2.24, 2.45) is 0 Å². The summed E-state index contributed by atoms with van der Waals surface area (Å²) < 4.78 is 28.8. The number of hydrogen-bond donors (Lipinski definition) is 1. The first-order valence-corrected chi connectivity index (χ1v) is 13.8. The Morgan fingerprint density at radius 2 is 2.08 bits per heavy atom. The summed E-state index contributed by atoms with van der Waals surface area (Å²) in [5.74, 6) is -0.848. The van der Waals surface area contributed by atoms with Crippen LogP contribution in [-0.4, -0.2) is 85.9 Å². The molecule has 200 valence electrons. The van der Waals surface area contributed by atoms with Gasteiger partial charge < -0.3 is 19.7 Å². The predicted octanol–water partition coefficient (Wildman–Crippen LogP) is 2.88. The van der Waals surface area contributed by atoms with Gasteiger partial charge in [0.15, 0.2) is 17.3 Å². The zero-order chi connectivity index (χ0) is 26.2. The number of carbonyl (C=O) groups is 1. The molecule has 1 N–H and O–H groups in total. The smallest absolute Gasteiger partial charge is 0.258 e. The summed E-state index contributed by atoms with van der Waals surface area (Å²) in [6.45, 7) is 4.69. The van der Waals surface area contributed by atoms with Gasteiger partial charge in [-0.15, -0.1) is 11.3 Å². The van der Waals surface area contributed by atoms with Gasteiger partial charge in [0.05, 0.1) is 35.4 Å². The first-order chi connectivity index (χ1) is 18.6. The number of anilines is 1. The van der Waals surface area contributed by atoms with Crippen molar-refractivity contribution in [1.29, 1.82) is 0 Å². The predicted molar refractivity (Wildman–Crippen MR) is 146 cm³/mol. The van der Waals surface area contributed by atoms with Gasteiger partial charge in [-0.1, -0.05) is 12.1 Å². The highest BCUT2D eigenvalue weighted by atomic mass is 32.1. The number of likely N-dealkylation sites (tertiary alicyclic amines) is 1. The molecule has 11 heteroatoms. The molecule has 9 nitrogen and oxygen atoms in total. The van der Waals surface area contributed by atoms with Crippen molar-refractivity contribution in [1.82, 2.24) is 19.6 Å². The van der Waals surface area contributed by atoms with Crippen molar-refractivity contribution in [2.45, 2.75) is 18.9 Å². The molecule has 2 aliphatic heterocycles. The summed E-state index contributed by atoms with van der Waals surface area (Å²) in [5, 5.41) is 3.03. The molecule has 1 atom stereocenters. The molecule has 4 aromatic rings. The number of para-hydroxylation sites is 1. The van der Waals surface area contributed by atoms with Gasteiger partial charge in [-0.25, -0.2) is 9.37 Å². The minimum absolute atomic E-state index is 0.0221. The van der Waals surface area contributed by atoms with Crippen molar-refractivity contribution in [3.8, 4) is 0 Å². The largest absolute Gasteiger partial charge is 0.383 e. The average Bonchev–Trinajstić information content (AvgIpc) is 3.53. The maximum absolute atomic E-state index is 15.3. The zero-order valence-electron chi connectivity index (χ0n) is 21.2. The summed E-state index contributed by atoms with van der Waals surface area (Å²) in [5.41, 5.74) is 0.677. The first-order valence-electron chi connectivity index (χ1n) is 13.0. The second kappa shape index (κ2) is 10.6. The molecule has 1 aromatic carbocycles. The molecule has 3 aromatic heterocycles. The summed E-state index contributed by atoms with van der Waals surface area (Å²) in [6.07, 6.45) is 2.17. The molecular weight excluding hydrogens is 509 g/mol. The molecule has 0 saturated carbocycles. The number of carbonyl (C=O) groups excluding carboxylic acids is 1. The Balaban J connectivity index is 1.42. The monoisotopic (exact) mass is 539 g/mol. The van der Waals surface area contributed by atoms with Gasteiger partial charge in [0.2, 0.25) is 5.43 Å². The Bertz CT molecular complexity index is 1560. The first kappa shape index (κ1) is 25.2. The minimum atomic E-state index is -0.583. The fourth-order valence-electron chi connectivity index (χ4n) is 5.57. The lowest BCUT2D eigenvalue weighted by Crippen LogP contribution is -2.40. The number of rotatable bonds is 7. The van der Waals surface area contributed by atoms with E-state index in [9.17, 15) is 9.59 Å². The van der Waals surface area contributed by atoms with Crippen LogP contribution in [0.2, 0.25) is 0 Å². The number of nitrogens with one attached hydrogen (secondary N) is 1. The topological polar surface area (TPSA) is 88.4 Å². The fourth-order valence-corrected chi connectivity index (χ4v) is 6.75. The molecule has 0 aliphatic carbocycles. The van der Waals surface area contributed by atoms with Crippen LogP contribution in [0, 0.1) is 5.82 Å². The van der Waals surface area contributed by atoms with Gasteiger partial charge in [-0.05, 0) is 37.6 Å². The Kier molecular flexibility index (Phi) is 7.00. The Hall–Kier alpha value is -3.12. The van der Waals surface area contributed by atoms with Crippen molar-refractivity contribution in [3.63, 3.8) is 0 Å². The molecule has 5 heterocycles. The number of fused-ring (bicyclic) bond motifs is 5. The van der Waals surface area contributed by atoms with E-state index >= 15 is 4.39 Å². The zero-order valence-corrected chi connectivity index (χ0v) is 22.1. The van der Waals surface area contributed by atoms with E-state index in [2.05, 4.69) is 15.2 Å². The number of halogens is 1. The number of ether oxygens (including phenoxy) is 2. The number of amides is 1. The van der Waals surface area contributed by atoms with Crippen LogP contribution in [0.3, 0.4) is 0 Å². The van der Waals surface area contributed by atoms with Gasteiger partial charge in [0, 0.05) is 39.3 Å². The third kappa shape index (κ3) is 4.43. The van der Waals surface area contributed by atoms with Crippen LogP contribution in [-0.2, 0) is 9.47 Å². The molecule has 0 bridgehead atoms. The molecule has 6 rings (SSSR count). The van der Waals surface area contributed by atoms with Gasteiger partial charge in [-0.3, -0.25) is 18.9 Å². The van der Waals surface area contributed by atoms with Gasteiger partial charge in [0.1, 0.15) is 10.4 Å². The molecular formula is C27H30FN5O4S. The van der Waals surface area contributed by atoms with Gasteiger partial charge in [-0.2, -0.15) is 0 Å². The second-order valence-electron chi connectivity index (χ2n) is 9.72. The van der Waals surface area contributed by atoms with E-state index in [0.717, 1.165) is 29.6 Å². The SMILES string of the molecule is COC[C@H]1CCCN1CCNC(=O)c1c(=O)c2cc(F)c(N3CCOCC3)nc2n2c1sc1ccccc12. The van der Waals surface area contributed by atoms with Crippen LogP contribution in [0.5, 0.6) is 0 Å². The normalized spacial score (nSPS) is 18.7. The lowest BCUT2D eigenvalue weighted by atomic mass is 10.1. The quantitative estimate of drug-likeness (QED) is 0.386.